The minimum atomic E-state index is -3.36. The molecule has 0 saturated heterocycles. The van der Waals surface area contributed by atoms with Crippen LogP contribution in [0, 0.1) is 0 Å². The molecule has 0 aromatic rings. The second kappa shape index (κ2) is 2.65. The summed E-state index contributed by atoms with van der Waals surface area (Å²) in [4.78, 5) is 10.7. The standard InChI is InChI=1S/C7H11F2NO2/c1-6(8,9)5(12)10-7(4-11)2-3-7/h11H,2-4H2,1H3,(H,10,12). The van der Waals surface area contributed by atoms with Crippen LogP contribution in [0.1, 0.15) is 19.8 Å². The van der Waals surface area contributed by atoms with E-state index < -0.39 is 17.4 Å². The summed E-state index contributed by atoms with van der Waals surface area (Å²) < 4.78 is 24.6. The largest absolute Gasteiger partial charge is 0.394 e. The Morgan fingerprint density at radius 2 is 2.17 bits per heavy atom. The SMILES string of the molecule is CC(F)(F)C(=O)NC1(CO)CC1. The number of carbonyl (C=O) groups excluding carboxylic acids is 1. The Labute approximate surface area is 68.8 Å². The van der Waals surface area contributed by atoms with Crippen LogP contribution >= 0.6 is 0 Å². The van der Waals surface area contributed by atoms with Crippen LogP contribution in [0.3, 0.4) is 0 Å². The molecular weight excluding hydrogens is 168 g/mol. The lowest BCUT2D eigenvalue weighted by atomic mass is 10.2. The van der Waals surface area contributed by atoms with Crippen LogP contribution in [0.15, 0.2) is 0 Å². The maximum Gasteiger partial charge on any atom is 0.321 e. The Hall–Kier alpha value is -0.710. The molecule has 12 heavy (non-hydrogen) atoms. The van der Waals surface area contributed by atoms with Gasteiger partial charge in [-0.1, -0.05) is 0 Å². The van der Waals surface area contributed by atoms with Gasteiger partial charge in [-0.25, -0.2) is 0 Å². The summed E-state index contributed by atoms with van der Waals surface area (Å²) in [6, 6.07) is 0. The van der Waals surface area contributed by atoms with Gasteiger partial charge in [0, 0.05) is 6.92 Å². The van der Waals surface area contributed by atoms with Gasteiger partial charge in [0.1, 0.15) is 0 Å². The molecule has 1 rings (SSSR count). The minimum absolute atomic E-state index is 0.269. The second-order valence-corrected chi connectivity index (χ2v) is 3.28. The predicted molar refractivity (Wildman–Crippen MR) is 37.8 cm³/mol. The maximum absolute atomic E-state index is 12.3. The van der Waals surface area contributed by atoms with Crippen LogP contribution in [0.2, 0.25) is 0 Å². The highest BCUT2D eigenvalue weighted by molar-refractivity contribution is 5.83. The van der Waals surface area contributed by atoms with Crippen molar-refractivity contribution in [3.8, 4) is 0 Å². The van der Waals surface area contributed by atoms with E-state index in [2.05, 4.69) is 5.32 Å². The zero-order valence-electron chi connectivity index (χ0n) is 6.73. The third kappa shape index (κ3) is 1.91. The molecule has 0 unspecified atom stereocenters. The molecule has 0 radical (unpaired) electrons. The van der Waals surface area contributed by atoms with Crippen LogP contribution in [0.4, 0.5) is 8.78 Å². The Kier molecular flexibility index (Phi) is 2.07. The minimum Gasteiger partial charge on any atom is -0.394 e. The number of halogens is 2. The van der Waals surface area contributed by atoms with E-state index in [9.17, 15) is 13.6 Å². The molecule has 0 atom stereocenters. The van der Waals surface area contributed by atoms with E-state index in [1.807, 2.05) is 0 Å². The van der Waals surface area contributed by atoms with E-state index in [0.29, 0.717) is 19.8 Å². The Bertz CT molecular complexity index is 196. The van der Waals surface area contributed by atoms with Gasteiger partial charge in [-0.05, 0) is 12.8 Å². The second-order valence-electron chi connectivity index (χ2n) is 3.28. The van der Waals surface area contributed by atoms with Gasteiger partial charge in [-0.3, -0.25) is 4.79 Å². The van der Waals surface area contributed by atoms with E-state index >= 15 is 0 Å². The summed E-state index contributed by atoms with van der Waals surface area (Å²) in [6.45, 7) is 0.268. The van der Waals surface area contributed by atoms with Crippen molar-refractivity contribution in [2.75, 3.05) is 6.61 Å². The number of hydrogen-bond donors (Lipinski definition) is 2. The number of carbonyl (C=O) groups is 1. The molecule has 1 amide bonds. The summed E-state index contributed by atoms with van der Waals surface area (Å²) in [5.74, 6) is -4.67. The first-order valence-electron chi connectivity index (χ1n) is 3.71. The van der Waals surface area contributed by atoms with Crippen molar-refractivity contribution in [2.45, 2.75) is 31.2 Å². The summed E-state index contributed by atoms with van der Waals surface area (Å²) in [6.07, 6.45) is 1.15. The normalized spacial score (nSPS) is 20.3. The van der Waals surface area contributed by atoms with Crippen LogP contribution in [0.25, 0.3) is 0 Å². The average molecular weight is 179 g/mol. The van der Waals surface area contributed by atoms with Crippen LogP contribution in [-0.2, 0) is 4.79 Å². The van der Waals surface area contributed by atoms with Crippen LogP contribution in [-0.4, -0.2) is 29.1 Å². The summed E-state index contributed by atoms with van der Waals surface area (Å²) >= 11 is 0. The number of aliphatic hydroxyl groups is 1. The molecule has 1 fully saturated rings. The van der Waals surface area contributed by atoms with E-state index in [4.69, 9.17) is 5.11 Å². The molecule has 2 N–H and O–H groups in total. The number of nitrogens with one attached hydrogen (secondary N) is 1. The Balaban J connectivity index is 2.47. The lowest BCUT2D eigenvalue weighted by Gasteiger charge is -2.17. The van der Waals surface area contributed by atoms with Crippen LogP contribution in [0.5, 0.6) is 0 Å². The summed E-state index contributed by atoms with van der Waals surface area (Å²) in [7, 11) is 0. The molecule has 0 heterocycles. The number of hydrogen-bond acceptors (Lipinski definition) is 2. The van der Waals surface area contributed by atoms with E-state index in [1.54, 1.807) is 0 Å². The predicted octanol–water partition coefficient (Wildman–Crippen LogP) is 0.283. The molecule has 1 saturated carbocycles. The number of alkyl halides is 2. The zero-order valence-corrected chi connectivity index (χ0v) is 6.73. The average Bonchev–Trinajstić information content (AvgIpc) is 2.67. The summed E-state index contributed by atoms with van der Waals surface area (Å²) in [5.41, 5.74) is -0.753. The topological polar surface area (TPSA) is 49.3 Å². The quantitative estimate of drug-likeness (QED) is 0.653. The van der Waals surface area contributed by atoms with Crippen LogP contribution < -0.4 is 5.32 Å². The summed E-state index contributed by atoms with van der Waals surface area (Å²) in [5, 5.41) is 10.8. The number of amides is 1. The van der Waals surface area contributed by atoms with E-state index in [1.165, 1.54) is 0 Å². The molecular formula is C7H11F2NO2. The van der Waals surface area contributed by atoms with Crippen molar-refractivity contribution in [3.05, 3.63) is 0 Å². The zero-order chi connectivity index (χ0) is 9.41. The van der Waals surface area contributed by atoms with E-state index in [-0.39, 0.29) is 6.61 Å². The highest BCUT2D eigenvalue weighted by Gasteiger charge is 2.47. The van der Waals surface area contributed by atoms with E-state index in [0.717, 1.165) is 0 Å². The van der Waals surface area contributed by atoms with Gasteiger partial charge >= 0.3 is 5.92 Å². The third-order valence-electron chi connectivity index (χ3n) is 1.93. The molecule has 5 heteroatoms. The molecule has 1 aliphatic carbocycles. The first-order valence-corrected chi connectivity index (χ1v) is 3.71. The lowest BCUT2D eigenvalue weighted by molar-refractivity contribution is -0.144. The van der Waals surface area contributed by atoms with Crippen molar-refractivity contribution in [3.63, 3.8) is 0 Å². The molecule has 1 aliphatic rings. The molecule has 0 aromatic carbocycles. The molecule has 70 valence electrons. The number of rotatable bonds is 3. The first kappa shape index (κ1) is 9.38. The van der Waals surface area contributed by atoms with Gasteiger partial charge in [0.2, 0.25) is 0 Å². The molecule has 0 spiro atoms. The van der Waals surface area contributed by atoms with Crippen molar-refractivity contribution in [2.24, 2.45) is 0 Å². The van der Waals surface area contributed by atoms with Crippen molar-refractivity contribution in [1.29, 1.82) is 0 Å². The highest BCUT2D eigenvalue weighted by atomic mass is 19.3. The highest BCUT2D eigenvalue weighted by Crippen LogP contribution is 2.35. The lowest BCUT2D eigenvalue weighted by Crippen LogP contribution is -2.46. The van der Waals surface area contributed by atoms with Gasteiger partial charge in [-0.15, -0.1) is 0 Å². The number of aliphatic hydroxyl groups excluding tert-OH is 1. The Morgan fingerprint density at radius 3 is 2.42 bits per heavy atom. The molecule has 3 nitrogen and oxygen atoms in total. The fourth-order valence-electron chi connectivity index (χ4n) is 0.824. The molecule has 0 bridgehead atoms. The molecule has 0 aliphatic heterocycles. The van der Waals surface area contributed by atoms with Crippen molar-refractivity contribution >= 4 is 5.91 Å². The monoisotopic (exact) mass is 179 g/mol. The maximum atomic E-state index is 12.3. The van der Waals surface area contributed by atoms with Crippen molar-refractivity contribution < 1.29 is 18.7 Å². The van der Waals surface area contributed by atoms with Gasteiger partial charge in [0.05, 0.1) is 12.1 Å². The van der Waals surface area contributed by atoms with Gasteiger partial charge in [0.25, 0.3) is 5.91 Å². The smallest absolute Gasteiger partial charge is 0.321 e. The fraction of sp³-hybridized carbons (Fsp3) is 0.857. The molecule has 0 aromatic heterocycles. The first-order chi connectivity index (χ1) is 5.40. The van der Waals surface area contributed by atoms with Crippen molar-refractivity contribution in [1.82, 2.24) is 5.32 Å². The Morgan fingerprint density at radius 1 is 1.67 bits per heavy atom. The van der Waals surface area contributed by atoms with Gasteiger partial charge in [-0.2, -0.15) is 8.78 Å². The van der Waals surface area contributed by atoms with Gasteiger partial charge < -0.3 is 10.4 Å². The van der Waals surface area contributed by atoms with Gasteiger partial charge in [0.15, 0.2) is 0 Å². The fourth-order valence-corrected chi connectivity index (χ4v) is 0.824. The third-order valence-corrected chi connectivity index (χ3v) is 1.93.